The zero-order valence-electron chi connectivity index (χ0n) is 13.2. The van der Waals surface area contributed by atoms with Gasteiger partial charge >= 0.3 is 0 Å². The van der Waals surface area contributed by atoms with Gasteiger partial charge in [0.25, 0.3) is 0 Å². The average molecular weight is 280 g/mol. The monoisotopic (exact) mass is 280 g/mol. The summed E-state index contributed by atoms with van der Waals surface area (Å²) >= 11 is 0. The van der Waals surface area contributed by atoms with Crippen LogP contribution >= 0.6 is 0 Å². The lowest BCUT2D eigenvalue weighted by Gasteiger charge is -2.35. The highest BCUT2D eigenvalue weighted by molar-refractivity contribution is 5.62. The Morgan fingerprint density at radius 2 is 1.70 bits per heavy atom. The predicted molar refractivity (Wildman–Crippen MR) is 81.4 cm³/mol. The molecule has 1 aliphatic rings. The van der Waals surface area contributed by atoms with Gasteiger partial charge in [0, 0.05) is 26.2 Å². The van der Waals surface area contributed by atoms with Gasteiger partial charge in [-0.1, -0.05) is 20.8 Å². The van der Waals surface area contributed by atoms with Crippen LogP contribution in [0.25, 0.3) is 0 Å². The van der Waals surface area contributed by atoms with Crippen LogP contribution in [0.15, 0.2) is 12.1 Å². The van der Waals surface area contributed by atoms with Crippen molar-refractivity contribution >= 4 is 5.69 Å². The molecule has 0 unspecified atom stereocenters. The summed E-state index contributed by atoms with van der Waals surface area (Å²) < 4.78 is 20.0. The van der Waals surface area contributed by atoms with Gasteiger partial charge in [0.05, 0.1) is 7.11 Å². The van der Waals surface area contributed by atoms with E-state index in [9.17, 15) is 4.39 Å². The van der Waals surface area contributed by atoms with E-state index in [4.69, 9.17) is 4.74 Å². The molecule has 0 bridgehead atoms. The van der Waals surface area contributed by atoms with Gasteiger partial charge < -0.3 is 14.5 Å². The molecular weight excluding hydrogens is 255 g/mol. The van der Waals surface area contributed by atoms with Crippen molar-refractivity contribution in [2.24, 2.45) is 0 Å². The second-order valence-electron chi connectivity index (χ2n) is 6.55. The Labute approximate surface area is 121 Å². The van der Waals surface area contributed by atoms with Crippen molar-refractivity contribution in [3.63, 3.8) is 0 Å². The second kappa shape index (κ2) is 5.60. The van der Waals surface area contributed by atoms with Crippen LogP contribution in [0.1, 0.15) is 26.3 Å². The Morgan fingerprint density at radius 3 is 2.20 bits per heavy atom. The fourth-order valence-corrected chi connectivity index (χ4v) is 2.50. The molecule has 0 aromatic heterocycles. The first kappa shape index (κ1) is 15.1. The third-order valence-corrected chi connectivity index (χ3v) is 3.93. The number of anilines is 1. The molecule has 2 rings (SSSR count). The van der Waals surface area contributed by atoms with Gasteiger partial charge in [-0.15, -0.1) is 0 Å². The van der Waals surface area contributed by atoms with Crippen LogP contribution in [0.2, 0.25) is 0 Å². The number of benzene rings is 1. The van der Waals surface area contributed by atoms with E-state index in [0.717, 1.165) is 31.7 Å². The van der Waals surface area contributed by atoms with Gasteiger partial charge in [-0.2, -0.15) is 0 Å². The number of hydrogen-bond acceptors (Lipinski definition) is 3. The van der Waals surface area contributed by atoms with Gasteiger partial charge in [-0.25, -0.2) is 4.39 Å². The molecule has 0 N–H and O–H groups in total. The Kier molecular flexibility index (Phi) is 4.23. The summed E-state index contributed by atoms with van der Waals surface area (Å²) in [5.41, 5.74) is 1.48. The number of hydrogen-bond donors (Lipinski definition) is 0. The van der Waals surface area contributed by atoms with Crippen molar-refractivity contribution in [1.82, 2.24) is 4.90 Å². The molecule has 1 heterocycles. The van der Waals surface area contributed by atoms with E-state index < -0.39 is 0 Å². The van der Waals surface area contributed by atoms with Crippen LogP contribution in [-0.4, -0.2) is 45.2 Å². The zero-order chi connectivity index (χ0) is 14.9. The molecule has 0 aliphatic carbocycles. The third kappa shape index (κ3) is 3.06. The van der Waals surface area contributed by atoms with Crippen LogP contribution in [0.3, 0.4) is 0 Å². The van der Waals surface area contributed by atoms with Crippen LogP contribution in [0, 0.1) is 5.82 Å². The van der Waals surface area contributed by atoms with E-state index in [1.165, 1.54) is 0 Å². The molecule has 0 radical (unpaired) electrons. The van der Waals surface area contributed by atoms with Gasteiger partial charge in [0.1, 0.15) is 11.4 Å². The highest BCUT2D eigenvalue weighted by atomic mass is 19.1. The SMILES string of the molecule is COc1cc(C(C)(C)C)cc(F)c1N1CCN(C)CC1. The van der Waals surface area contributed by atoms with Crippen molar-refractivity contribution in [2.75, 3.05) is 45.2 Å². The van der Waals surface area contributed by atoms with Crippen LogP contribution in [-0.2, 0) is 5.41 Å². The van der Waals surface area contributed by atoms with Gasteiger partial charge in [0.2, 0.25) is 0 Å². The van der Waals surface area contributed by atoms with E-state index in [2.05, 4.69) is 37.6 Å². The summed E-state index contributed by atoms with van der Waals surface area (Å²) in [7, 11) is 3.70. The smallest absolute Gasteiger partial charge is 0.150 e. The molecule has 1 aliphatic heterocycles. The number of rotatable bonds is 2. The maximum absolute atomic E-state index is 14.6. The minimum Gasteiger partial charge on any atom is -0.494 e. The molecule has 0 atom stereocenters. The highest BCUT2D eigenvalue weighted by Gasteiger charge is 2.24. The lowest BCUT2D eigenvalue weighted by atomic mass is 9.86. The molecule has 0 spiro atoms. The first-order chi connectivity index (χ1) is 9.32. The lowest BCUT2D eigenvalue weighted by Crippen LogP contribution is -2.45. The van der Waals surface area contributed by atoms with Crippen molar-refractivity contribution < 1.29 is 9.13 Å². The molecule has 4 heteroatoms. The molecule has 1 aromatic rings. The fraction of sp³-hybridized carbons (Fsp3) is 0.625. The van der Waals surface area contributed by atoms with Crippen molar-refractivity contribution in [2.45, 2.75) is 26.2 Å². The molecule has 1 saturated heterocycles. The Morgan fingerprint density at radius 1 is 1.10 bits per heavy atom. The number of piperazine rings is 1. The largest absolute Gasteiger partial charge is 0.494 e. The number of ether oxygens (including phenoxy) is 1. The summed E-state index contributed by atoms with van der Waals surface area (Å²) in [6.07, 6.45) is 0. The van der Waals surface area contributed by atoms with E-state index in [-0.39, 0.29) is 11.2 Å². The van der Waals surface area contributed by atoms with Crippen molar-refractivity contribution in [1.29, 1.82) is 0 Å². The first-order valence-electron chi connectivity index (χ1n) is 7.14. The normalized spacial score (nSPS) is 17.4. The summed E-state index contributed by atoms with van der Waals surface area (Å²) in [6, 6.07) is 3.62. The first-order valence-corrected chi connectivity index (χ1v) is 7.14. The fourth-order valence-electron chi connectivity index (χ4n) is 2.50. The molecule has 20 heavy (non-hydrogen) atoms. The Balaban J connectivity index is 2.38. The van der Waals surface area contributed by atoms with Crippen LogP contribution in [0.4, 0.5) is 10.1 Å². The summed E-state index contributed by atoms with van der Waals surface area (Å²) in [5.74, 6) is 0.457. The number of methoxy groups -OCH3 is 1. The highest BCUT2D eigenvalue weighted by Crippen LogP contribution is 2.36. The third-order valence-electron chi connectivity index (χ3n) is 3.93. The van der Waals surface area contributed by atoms with Gasteiger partial charge in [-0.3, -0.25) is 0 Å². The summed E-state index contributed by atoms with van der Waals surface area (Å²) in [5, 5.41) is 0. The van der Waals surface area contributed by atoms with Gasteiger partial charge in [-0.05, 0) is 30.2 Å². The quantitative estimate of drug-likeness (QED) is 0.828. The topological polar surface area (TPSA) is 15.7 Å². The molecule has 3 nitrogen and oxygen atoms in total. The van der Waals surface area contributed by atoms with E-state index in [1.54, 1.807) is 13.2 Å². The van der Waals surface area contributed by atoms with Gasteiger partial charge in [0.15, 0.2) is 5.82 Å². The zero-order valence-corrected chi connectivity index (χ0v) is 13.2. The minimum absolute atomic E-state index is 0.0885. The molecule has 0 saturated carbocycles. The molecule has 1 aromatic carbocycles. The number of nitrogens with zero attached hydrogens (tertiary/aromatic N) is 2. The summed E-state index contributed by atoms with van der Waals surface area (Å²) in [4.78, 5) is 4.34. The lowest BCUT2D eigenvalue weighted by molar-refractivity contribution is 0.309. The summed E-state index contributed by atoms with van der Waals surface area (Å²) in [6.45, 7) is 9.80. The minimum atomic E-state index is -0.182. The maximum atomic E-state index is 14.6. The Bertz CT molecular complexity index is 474. The number of halogens is 1. The second-order valence-corrected chi connectivity index (χ2v) is 6.55. The predicted octanol–water partition coefficient (Wildman–Crippen LogP) is 2.88. The maximum Gasteiger partial charge on any atom is 0.150 e. The van der Waals surface area contributed by atoms with E-state index in [1.807, 2.05) is 6.07 Å². The van der Waals surface area contributed by atoms with Crippen LogP contribution < -0.4 is 9.64 Å². The molecular formula is C16H25FN2O. The van der Waals surface area contributed by atoms with Crippen molar-refractivity contribution in [3.8, 4) is 5.75 Å². The van der Waals surface area contributed by atoms with Crippen LogP contribution in [0.5, 0.6) is 5.75 Å². The molecule has 0 amide bonds. The van der Waals surface area contributed by atoms with Crippen molar-refractivity contribution in [3.05, 3.63) is 23.5 Å². The number of likely N-dealkylation sites (N-methyl/N-ethyl adjacent to an activating group) is 1. The van der Waals surface area contributed by atoms with E-state index >= 15 is 0 Å². The molecule has 112 valence electrons. The molecule has 1 fully saturated rings. The Hall–Kier alpha value is -1.29. The van der Waals surface area contributed by atoms with E-state index in [0.29, 0.717) is 11.4 Å². The standard InChI is InChI=1S/C16H25FN2O/c1-16(2,3)12-10-13(17)15(14(11-12)20-5)19-8-6-18(4)7-9-19/h10-11H,6-9H2,1-5H3. The average Bonchev–Trinajstić information content (AvgIpc) is 2.38.